The summed E-state index contributed by atoms with van der Waals surface area (Å²) in [5.74, 6) is 0.711. The molecule has 0 aliphatic heterocycles. The average Bonchev–Trinajstić information content (AvgIpc) is 2.32. The lowest BCUT2D eigenvalue weighted by molar-refractivity contribution is 0.221. The second kappa shape index (κ2) is 8.18. The lowest BCUT2D eigenvalue weighted by Gasteiger charge is -2.25. The normalized spacial score (nSPS) is 11.7. The molecular formula is C16H29N3. The number of anilines is 1. The highest BCUT2D eigenvalue weighted by Gasteiger charge is 2.08. The van der Waals surface area contributed by atoms with Crippen molar-refractivity contribution in [3.05, 3.63) is 29.8 Å². The van der Waals surface area contributed by atoms with Gasteiger partial charge in [-0.25, -0.2) is 0 Å². The van der Waals surface area contributed by atoms with Gasteiger partial charge in [0.1, 0.15) is 0 Å². The van der Waals surface area contributed by atoms with Crippen LogP contribution in [0, 0.1) is 5.92 Å². The maximum atomic E-state index is 5.82. The van der Waals surface area contributed by atoms with E-state index in [1.54, 1.807) is 0 Å². The van der Waals surface area contributed by atoms with E-state index in [9.17, 15) is 0 Å². The summed E-state index contributed by atoms with van der Waals surface area (Å²) < 4.78 is 0. The molecule has 108 valence electrons. The number of hydrogen-bond donors (Lipinski definition) is 1. The Bertz CT molecular complexity index is 361. The Morgan fingerprint density at radius 3 is 2.42 bits per heavy atom. The summed E-state index contributed by atoms with van der Waals surface area (Å²) in [7, 11) is 4.26. The van der Waals surface area contributed by atoms with E-state index >= 15 is 0 Å². The highest BCUT2D eigenvalue weighted by Crippen LogP contribution is 2.08. The van der Waals surface area contributed by atoms with E-state index < -0.39 is 0 Å². The van der Waals surface area contributed by atoms with Crippen molar-refractivity contribution in [2.24, 2.45) is 5.92 Å². The Morgan fingerprint density at radius 2 is 1.84 bits per heavy atom. The maximum absolute atomic E-state index is 5.82. The second-order valence-electron chi connectivity index (χ2n) is 5.99. The zero-order valence-corrected chi connectivity index (χ0v) is 12.9. The van der Waals surface area contributed by atoms with Crippen LogP contribution in [0.15, 0.2) is 24.3 Å². The summed E-state index contributed by atoms with van der Waals surface area (Å²) in [6.45, 7) is 9.08. The summed E-state index contributed by atoms with van der Waals surface area (Å²) in [6.07, 6.45) is 1.07. The third kappa shape index (κ3) is 7.19. The second-order valence-corrected chi connectivity index (χ2v) is 5.99. The van der Waals surface area contributed by atoms with Gasteiger partial charge in [-0.3, -0.25) is 0 Å². The fourth-order valence-corrected chi connectivity index (χ4v) is 2.19. The Morgan fingerprint density at radius 1 is 1.11 bits per heavy atom. The van der Waals surface area contributed by atoms with Crippen LogP contribution in [-0.2, 0) is 6.42 Å². The van der Waals surface area contributed by atoms with E-state index in [0.717, 1.165) is 38.3 Å². The molecule has 3 nitrogen and oxygen atoms in total. The lowest BCUT2D eigenvalue weighted by Crippen LogP contribution is -2.35. The first-order valence-electron chi connectivity index (χ1n) is 7.19. The number of nitrogens with zero attached hydrogens (tertiary/aromatic N) is 2. The number of benzene rings is 1. The van der Waals surface area contributed by atoms with Crippen LogP contribution in [0.4, 0.5) is 5.69 Å². The van der Waals surface area contributed by atoms with E-state index in [1.165, 1.54) is 5.56 Å². The molecule has 2 N–H and O–H groups in total. The fourth-order valence-electron chi connectivity index (χ4n) is 2.19. The minimum atomic E-state index is 0.711. The van der Waals surface area contributed by atoms with Crippen LogP contribution in [-0.4, -0.2) is 50.1 Å². The molecule has 1 rings (SSSR count). The molecule has 0 saturated carbocycles. The molecule has 0 atom stereocenters. The van der Waals surface area contributed by atoms with Crippen LogP contribution >= 0.6 is 0 Å². The number of nitrogens with two attached hydrogens (primary N) is 1. The number of likely N-dealkylation sites (N-methyl/N-ethyl adjacent to an activating group) is 1. The van der Waals surface area contributed by atoms with E-state index in [1.807, 2.05) is 12.1 Å². The van der Waals surface area contributed by atoms with E-state index in [0.29, 0.717) is 5.92 Å². The van der Waals surface area contributed by atoms with Gasteiger partial charge in [-0.2, -0.15) is 0 Å². The molecule has 0 saturated heterocycles. The molecule has 0 bridgehead atoms. The first-order valence-corrected chi connectivity index (χ1v) is 7.19. The smallest absolute Gasteiger partial charge is 0.0316 e. The Hall–Kier alpha value is -1.06. The van der Waals surface area contributed by atoms with E-state index in [2.05, 4.69) is 49.9 Å². The van der Waals surface area contributed by atoms with Crippen LogP contribution in [0.1, 0.15) is 19.4 Å². The first kappa shape index (κ1) is 16.0. The summed E-state index contributed by atoms with van der Waals surface area (Å²) in [4.78, 5) is 4.79. The highest BCUT2D eigenvalue weighted by atomic mass is 15.2. The predicted molar refractivity (Wildman–Crippen MR) is 84.4 cm³/mol. The summed E-state index contributed by atoms with van der Waals surface area (Å²) >= 11 is 0. The van der Waals surface area contributed by atoms with Gasteiger partial charge < -0.3 is 15.5 Å². The lowest BCUT2D eigenvalue weighted by atomic mass is 10.1. The minimum absolute atomic E-state index is 0.711. The van der Waals surface area contributed by atoms with Crippen LogP contribution in [0.25, 0.3) is 0 Å². The molecule has 19 heavy (non-hydrogen) atoms. The molecule has 0 spiro atoms. The van der Waals surface area contributed by atoms with Gasteiger partial charge in [0.2, 0.25) is 0 Å². The molecule has 0 aromatic heterocycles. The quantitative estimate of drug-likeness (QED) is 0.731. The van der Waals surface area contributed by atoms with Gasteiger partial charge in [0.15, 0.2) is 0 Å². The van der Waals surface area contributed by atoms with Crippen molar-refractivity contribution in [3.8, 4) is 0 Å². The summed E-state index contributed by atoms with van der Waals surface area (Å²) in [5.41, 5.74) is 8.02. The molecule has 0 fully saturated rings. The zero-order chi connectivity index (χ0) is 14.3. The first-order chi connectivity index (χ1) is 8.97. The largest absolute Gasteiger partial charge is 0.399 e. The summed E-state index contributed by atoms with van der Waals surface area (Å²) in [6, 6.07) is 8.23. The average molecular weight is 263 g/mol. The molecule has 0 amide bonds. The molecule has 1 aromatic rings. The third-order valence-corrected chi connectivity index (χ3v) is 3.15. The molecule has 1 aromatic carbocycles. The van der Waals surface area contributed by atoms with Crippen molar-refractivity contribution < 1.29 is 0 Å². The molecule has 0 unspecified atom stereocenters. The van der Waals surface area contributed by atoms with Gasteiger partial charge in [0.25, 0.3) is 0 Å². The SMILES string of the molecule is CC(C)CN(CCc1cccc(N)c1)CCN(C)C. The fraction of sp³-hybridized carbons (Fsp3) is 0.625. The zero-order valence-electron chi connectivity index (χ0n) is 12.9. The van der Waals surface area contributed by atoms with Crippen molar-refractivity contribution in [1.29, 1.82) is 0 Å². The molecule has 0 heterocycles. The number of nitrogen functional groups attached to an aromatic ring is 1. The molecule has 3 heteroatoms. The van der Waals surface area contributed by atoms with Crippen LogP contribution in [0.2, 0.25) is 0 Å². The topological polar surface area (TPSA) is 32.5 Å². The van der Waals surface area contributed by atoms with Gasteiger partial charge in [-0.1, -0.05) is 26.0 Å². The van der Waals surface area contributed by atoms with Gasteiger partial charge in [0.05, 0.1) is 0 Å². The van der Waals surface area contributed by atoms with Gasteiger partial charge in [0, 0.05) is 31.9 Å². The van der Waals surface area contributed by atoms with Crippen LogP contribution < -0.4 is 5.73 Å². The Labute approximate surface area is 118 Å². The van der Waals surface area contributed by atoms with Crippen molar-refractivity contribution in [3.63, 3.8) is 0 Å². The Kier molecular flexibility index (Phi) is 6.89. The van der Waals surface area contributed by atoms with Crippen molar-refractivity contribution in [2.45, 2.75) is 20.3 Å². The third-order valence-electron chi connectivity index (χ3n) is 3.15. The maximum Gasteiger partial charge on any atom is 0.0316 e. The van der Waals surface area contributed by atoms with Gasteiger partial charge in [-0.05, 0) is 44.1 Å². The monoisotopic (exact) mass is 263 g/mol. The molecule has 0 aliphatic rings. The van der Waals surface area contributed by atoms with E-state index in [4.69, 9.17) is 5.73 Å². The van der Waals surface area contributed by atoms with Gasteiger partial charge >= 0.3 is 0 Å². The molecule has 0 aliphatic carbocycles. The van der Waals surface area contributed by atoms with E-state index in [-0.39, 0.29) is 0 Å². The van der Waals surface area contributed by atoms with Gasteiger partial charge in [-0.15, -0.1) is 0 Å². The van der Waals surface area contributed by atoms with Crippen molar-refractivity contribution in [2.75, 3.05) is 46.0 Å². The van der Waals surface area contributed by atoms with Crippen molar-refractivity contribution >= 4 is 5.69 Å². The predicted octanol–water partition coefficient (Wildman–Crippen LogP) is 2.33. The minimum Gasteiger partial charge on any atom is -0.399 e. The van der Waals surface area contributed by atoms with Crippen molar-refractivity contribution in [1.82, 2.24) is 9.80 Å². The van der Waals surface area contributed by atoms with Crippen LogP contribution in [0.5, 0.6) is 0 Å². The highest BCUT2D eigenvalue weighted by molar-refractivity contribution is 5.40. The number of rotatable bonds is 8. The summed E-state index contributed by atoms with van der Waals surface area (Å²) in [5, 5.41) is 0. The Balaban J connectivity index is 2.47. The standard InChI is InChI=1S/C16H29N3/c1-14(2)13-19(11-10-18(3)4)9-8-15-6-5-7-16(17)12-15/h5-7,12,14H,8-11,13,17H2,1-4H3. The molecular weight excluding hydrogens is 234 g/mol. The van der Waals surface area contributed by atoms with Crippen LogP contribution in [0.3, 0.4) is 0 Å². The molecule has 0 radical (unpaired) electrons. The number of hydrogen-bond acceptors (Lipinski definition) is 3.